The van der Waals surface area contributed by atoms with Gasteiger partial charge in [0, 0.05) is 25.9 Å². The summed E-state index contributed by atoms with van der Waals surface area (Å²) in [6.07, 6.45) is 1.74. The second kappa shape index (κ2) is 7.25. The zero-order valence-corrected chi connectivity index (χ0v) is 16.9. The van der Waals surface area contributed by atoms with E-state index in [4.69, 9.17) is 4.74 Å². The number of aliphatic hydroxyl groups excluding tert-OH is 1. The van der Waals surface area contributed by atoms with Crippen LogP contribution in [0.1, 0.15) is 48.9 Å². The number of carbonyl (C=O) groups excluding carboxylic acids is 1. The minimum atomic E-state index is -0.354. The molecule has 1 saturated heterocycles. The average molecular weight is 380 g/mol. The van der Waals surface area contributed by atoms with E-state index in [1.165, 1.54) is 16.7 Å². The van der Waals surface area contributed by atoms with Gasteiger partial charge in [0.2, 0.25) is 5.91 Å². The average Bonchev–Trinajstić information content (AvgIpc) is 2.94. The van der Waals surface area contributed by atoms with Crippen LogP contribution in [0.15, 0.2) is 42.5 Å². The summed E-state index contributed by atoms with van der Waals surface area (Å²) in [7, 11) is 0. The predicted molar refractivity (Wildman–Crippen MR) is 110 cm³/mol. The molecule has 0 spiro atoms. The number of amides is 1. The molecule has 28 heavy (non-hydrogen) atoms. The lowest BCUT2D eigenvalue weighted by atomic mass is 9.90. The van der Waals surface area contributed by atoms with Gasteiger partial charge in [0.1, 0.15) is 11.4 Å². The van der Waals surface area contributed by atoms with Crippen molar-refractivity contribution in [3.8, 4) is 5.75 Å². The molecule has 2 aliphatic rings. The van der Waals surface area contributed by atoms with Crippen LogP contribution < -0.4 is 4.74 Å². The van der Waals surface area contributed by atoms with Gasteiger partial charge in [-0.25, -0.2) is 0 Å². The summed E-state index contributed by atoms with van der Waals surface area (Å²) in [5.74, 6) is 1.55. The van der Waals surface area contributed by atoms with Gasteiger partial charge in [-0.15, -0.1) is 0 Å². The first-order chi connectivity index (χ1) is 13.3. The number of hydrogen-bond donors (Lipinski definition) is 1. The Balaban J connectivity index is 1.41. The highest BCUT2D eigenvalue weighted by Gasteiger charge is 2.35. The fraction of sp³-hybridized carbons (Fsp3) is 0.458. The first kappa shape index (κ1) is 19.0. The van der Waals surface area contributed by atoms with Crippen LogP contribution >= 0.6 is 0 Å². The third-order valence-corrected chi connectivity index (χ3v) is 5.84. The molecule has 4 rings (SSSR count). The molecule has 2 aromatic rings. The number of fused-ring (bicyclic) bond motifs is 1. The van der Waals surface area contributed by atoms with Crippen molar-refractivity contribution in [2.24, 2.45) is 0 Å². The van der Waals surface area contributed by atoms with Gasteiger partial charge >= 0.3 is 0 Å². The Bertz CT molecular complexity index is 868. The maximum absolute atomic E-state index is 12.3. The van der Waals surface area contributed by atoms with Crippen molar-refractivity contribution >= 4 is 5.91 Å². The van der Waals surface area contributed by atoms with Crippen LogP contribution in [0, 0.1) is 0 Å². The number of hydrogen-bond acceptors (Lipinski definition) is 3. The molecule has 148 valence electrons. The van der Waals surface area contributed by atoms with Gasteiger partial charge in [0.25, 0.3) is 0 Å². The Morgan fingerprint density at radius 2 is 1.86 bits per heavy atom. The van der Waals surface area contributed by atoms with E-state index in [0.29, 0.717) is 25.4 Å². The molecule has 0 aromatic heterocycles. The van der Waals surface area contributed by atoms with E-state index < -0.39 is 0 Å². The molecule has 0 bridgehead atoms. The van der Waals surface area contributed by atoms with Crippen molar-refractivity contribution in [1.82, 2.24) is 4.90 Å². The molecule has 4 heteroatoms. The standard InChI is InChI=1S/C24H29NO3/c1-16(2)19-7-4-17(5-8-19)12-24(3)13-20-10-18(6-9-22(20)28-24)11-23(27)25-14-21(26)15-25/h4-10,16,21,26H,11-15H2,1-3H3. The summed E-state index contributed by atoms with van der Waals surface area (Å²) in [5.41, 5.74) is 4.57. The van der Waals surface area contributed by atoms with E-state index in [-0.39, 0.29) is 17.6 Å². The molecule has 1 atom stereocenters. The maximum Gasteiger partial charge on any atom is 0.227 e. The summed E-state index contributed by atoms with van der Waals surface area (Å²) in [6.45, 7) is 7.50. The predicted octanol–water partition coefficient (Wildman–Crippen LogP) is 3.49. The third-order valence-electron chi connectivity index (χ3n) is 5.84. The van der Waals surface area contributed by atoms with Gasteiger partial charge in [0.15, 0.2) is 0 Å². The number of benzene rings is 2. The molecule has 0 saturated carbocycles. The molecule has 2 aliphatic heterocycles. The fourth-order valence-electron chi connectivity index (χ4n) is 4.18. The second-order valence-corrected chi connectivity index (χ2v) is 8.87. The number of likely N-dealkylation sites (tertiary alicyclic amines) is 1. The molecule has 2 heterocycles. The Labute approximate surface area is 167 Å². The van der Waals surface area contributed by atoms with Gasteiger partial charge in [0.05, 0.1) is 12.5 Å². The van der Waals surface area contributed by atoms with Crippen LogP contribution in [0.2, 0.25) is 0 Å². The van der Waals surface area contributed by atoms with Gasteiger partial charge in [-0.2, -0.15) is 0 Å². The molecule has 0 radical (unpaired) electrons. The Kier molecular flexibility index (Phi) is 4.92. The summed E-state index contributed by atoms with van der Waals surface area (Å²) in [4.78, 5) is 14.0. The molecule has 0 aliphatic carbocycles. The lowest BCUT2D eigenvalue weighted by Gasteiger charge is -2.35. The van der Waals surface area contributed by atoms with E-state index in [1.807, 2.05) is 12.1 Å². The minimum Gasteiger partial charge on any atom is -0.487 e. The van der Waals surface area contributed by atoms with Gasteiger partial charge in [-0.05, 0) is 41.2 Å². The van der Waals surface area contributed by atoms with E-state index >= 15 is 0 Å². The molecule has 1 amide bonds. The molecular formula is C24H29NO3. The maximum atomic E-state index is 12.3. The number of rotatable bonds is 5. The van der Waals surface area contributed by atoms with Crippen molar-refractivity contribution in [1.29, 1.82) is 0 Å². The highest BCUT2D eigenvalue weighted by Crippen LogP contribution is 2.37. The number of β-amino-alcohol motifs (C(OH)–C–C–N with tert-alkyl or cyclic N) is 1. The first-order valence-corrected chi connectivity index (χ1v) is 10.2. The van der Waals surface area contributed by atoms with Crippen molar-refractivity contribution < 1.29 is 14.6 Å². The monoisotopic (exact) mass is 379 g/mol. The summed E-state index contributed by atoms with van der Waals surface area (Å²) < 4.78 is 6.30. The Hall–Kier alpha value is -2.33. The summed E-state index contributed by atoms with van der Waals surface area (Å²) in [6, 6.07) is 14.9. The fourth-order valence-corrected chi connectivity index (χ4v) is 4.18. The van der Waals surface area contributed by atoms with Crippen LogP contribution in [0.4, 0.5) is 0 Å². The van der Waals surface area contributed by atoms with Crippen molar-refractivity contribution in [3.63, 3.8) is 0 Å². The zero-order valence-electron chi connectivity index (χ0n) is 16.9. The highest BCUT2D eigenvalue weighted by molar-refractivity contribution is 5.79. The van der Waals surface area contributed by atoms with Gasteiger partial charge < -0.3 is 14.7 Å². The van der Waals surface area contributed by atoms with E-state index in [9.17, 15) is 9.90 Å². The van der Waals surface area contributed by atoms with Crippen LogP contribution in [0.5, 0.6) is 5.75 Å². The SMILES string of the molecule is CC(C)c1ccc(CC2(C)Cc3cc(CC(=O)N4CC(O)C4)ccc3O2)cc1. The van der Waals surface area contributed by atoms with Crippen LogP contribution in [-0.4, -0.2) is 40.7 Å². The first-order valence-electron chi connectivity index (χ1n) is 10.2. The molecular weight excluding hydrogens is 350 g/mol. The number of ether oxygens (including phenoxy) is 1. The van der Waals surface area contributed by atoms with Crippen molar-refractivity contribution in [3.05, 3.63) is 64.7 Å². The summed E-state index contributed by atoms with van der Waals surface area (Å²) in [5, 5.41) is 9.37. The smallest absolute Gasteiger partial charge is 0.227 e. The van der Waals surface area contributed by atoms with Crippen LogP contribution in [-0.2, 0) is 24.1 Å². The lowest BCUT2D eigenvalue weighted by Crippen LogP contribution is -2.53. The minimum absolute atomic E-state index is 0.0807. The van der Waals surface area contributed by atoms with Gasteiger partial charge in [-0.1, -0.05) is 50.2 Å². The number of carbonyl (C=O) groups is 1. The lowest BCUT2D eigenvalue weighted by molar-refractivity contribution is -0.140. The third kappa shape index (κ3) is 3.93. The van der Waals surface area contributed by atoms with E-state index in [0.717, 1.165) is 24.2 Å². The van der Waals surface area contributed by atoms with Crippen LogP contribution in [0.25, 0.3) is 0 Å². The van der Waals surface area contributed by atoms with Crippen LogP contribution in [0.3, 0.4) is 0 Å². The molecule has 4 nitrogen and oxygen atoms in total. The second-order valence-electron chi connectivity index (χ2n) is 8.87. The largest absolute Gasteiger partial charge is 0.487 e. The number of nitrogens with zero attached hydrogens (tertiary/aromatic N) is 1. The van der Waals surface area contributed by atoms with Crippen molar-refractivity contribution in [2.45, 2.75) is 57.7 Å². The van der Waals surface area contributed by atoms with Crippen molar-refractivity contribution in [2.75, 3.05) is 13.1 Å². The zero-order chi connectivity index (χ0) is 19.9. The normalized spacial score (nSPS) is 21.4. The molecule has 1 N–H and O–H groups in total. The molecule has 2 aromatic carbocycles. The van der Waals surface area contributed by atoms with E-state index in [2.05, 4.69) is 51.1 Å². The number of aliphatic hydroxyl groups is 1. The Morgan fingerprint density at radius 3 is 2.50 bits per heavy atom. The van der Waals surface area contributed by atoms with Gasteiger partial charge in [-0.3, -0.25) is 4.79 Å². The topological polar surface area (TPSA) is 49.8 Å². The molecule has 1 unspecified atom stereocenters. The van der Waals surface area contributed by atoms with E-state index in [1.54, 1.807) is 4.90 Å². The molecule has 1 fully saturated rings. The summed E-state index contributed by atoms with van der Waals surface area (Å²) >= 11 is 0. The quantitative estimate of drug-likeness (QED) is 0.865. The Morgan fingerprint density at radius 1 is 1.18 bits per heavy atom. The highest BCUT2D eigenvalue weighted by atomic mass is 16.5.